The van der Waals surface area contributed by atoms with Crippen molar-refractivity contribution in [2.45, 2.75) is 59.7 Å². The van der Waals surface area contributed by atoms with Crippen LogP contribution in [0, 0.1) is 0 Å². The molecule has 156 valence electrons. The standard InChI is InChI=1S/C24H30O4S/c1-18-17-24(26-2,12-15-28-18)20-4-3-5-22(16-20)29-21-8-6-19(7-9-21)23(25)10-13-27-14-11-23/h3-9,16,18,25H,10-15,17H2,1-2H3/t18-,24+/m0/s1. The molecule has 0 unspecified atom stereocenters. The Morgan fingerprint density at radius 3 is 2.41 bits per heavy atom. The molecule has 0 radical (unpaired) electrons. The van der Waals surface area contributed by atoms with Crippen LogP contribution in [0.15, 0.2) is 58.3 Å². The van der Waals surface area contributed by atoms with Gasteiger partial charge >= 0.3 is 0 Å². The van der Waals surface area contributed by atoms with E-state index in [1.165, 1.54) is 10.5 Å². The fourth-order valence-corrected chi connectivity index (χ4v) is 5.30. The van der Waals surface area contributed by atoms with E-state index in [1.54, 1.807) is 18.9 Å². The summed E-state index contributed by atoms with van der Waals surface area (Å²) in [6, 6.07) is 17.0. The minimum atomic E-state index is -0.758. The van der Waals surface area contributed by atoms with Crippen molar-refractivity contribution >= 4 is 11.8 Å². The molecule has 0 spiro atoms. The number of hydrogen-bond donors (Lipinski definition) is 1. The smallest absolute Gasteiger partial charge is 0.0974 e. The van der Waals surface area contributed by atoms with E-state index in [4.69, 9.17) is 14.2 Å². The molecule has 4 rings (SSSR count). The highest BCUT2D eigenvalue weighted by molar-refractivity contribution is 7.99. The topological polar surface area (TPSA) is 47.9 Å². The van der Waals surface area contributed by atoms with Crippen molar-refractivity contribution in [1.29, 1.82) is 0 Å². The molecule has 5 heteroatoms. The van der Waals surface area contributed by atoms with Crippen LogP contribution >= 0.6 is 11.8 Å². The van der Waals surface area contributed by atoms with Gasteiger partial charge in [0, 0.05) is 55.8 Å². The molecule has 1 N–H and O–H groups in total. The molecule has 2 atom stereocenters. The van der Waals surface area contributed by atoms with Crippen LogP contribution in [0.2, 0.25) is 0 Å². The Bertz CT molecular complexity index is 816. The molecule has 2 aliphatic rings. The fourth-order valence-electron chi connectivity index (χ4n) is 4.43. The Labute approximate surface area is 177 Å². The fraction of sp³-hybridized carbons (Fsp3) is 0.500. The predicted octanol–water partition coefficient (Wildman–Crippen LogP) is 4.88. The van der Waals surface area contributed by atoms with Crippen LogP contribution in [0.1, 0.15) is 43.7 Å². The summed E-state index contributed by atoms with van der Waals surface area (Å²) in [6.07, 6.45) is 3.25. The summed E-state index contributed by atoms with van der Waals surface area (Å²) >= 11 is 1.74. The van der Waals surface area contributed by atoms with Crippen LogP contribution in [0.4, 0.5) is 0 Å². The van der Waals surface area contributed by atoms with Crippen LogP contribution in [0.5, 0.6) is 0 Å². The zero-order valence-corrected chi connectivity index (χ0v) is 18.0. The van der Waals surface area contributed by atoms with Gasteiger partial charge in [0.1, 0.15) is 0 Å². The Kier molecular flexibility index (Phi) is 6.32. The van der Waals surface area contributed by atoms with E-state index in [0.717, 1.165) is 29.9 Å². The summed E-state index contributed by atoms with van der Waals surface area (Å²) in [5.41, 5.74) is 1.16. The van der Waals surface area contributed by atoms with Gasteiger partial charge in [-0.1, -0.05) is 36.0 Å². The second-order valence-electron chi connectivity index (χ2n) is 8.13. The van der Waals surface area contributed by atoms with E-state index >= 15 is 0 Å². The quantitative estimate of drug-likeness (QED) is 0.756. The average Bonchev–Trinajstić information content (AvgIpc) is 2.75. The summed E-state index contributed by atoms with van der Waals surface area (Å²) in [4.78, 5) is 2.35. The maximum atomic E-state index is 10.9. The van der Waals surface area contributed by atoms with Crippen LogP contribution in [0.3, 0.4) is 0 Å². The zero-order valence-electron chi connectivity index (χ0n) is 17.2. The van der Waals surface area contributed by atoms with Gasteiger partial charge in [-0.15, -0.1) is 0 Å². The molecule has 2 fully saturated rings. The lowest BCUT2D eigenvalue weighted by atomic mass is 9.84. The van der Waals surface area contributed by atoms with Gasteiger partial charge in [-0.25, -0.2) is 0 Å². The molecule has 2 saturated heterocycles. The van der Waals surface area contributed by atoms with Crippen molar-refractivity contribution in [2.24, 2.45) is 0 Å². The number of aliphatic hydroxyl groups is 1. The number of benzene rings is 2. The summed E-state index contributed by atoms with van der Waals surface area (Å²) < 4.78 is 17.1. The van der Waals surface area contributed by atoms with E-state index in [1.807, 2.05) is 12.1 Å². The Balaban J connectivity index is 1.51. The van der Waals surface area contributed by atoms with Gasteiger partial charge in [0.2, 0.25) is 0 Å². The van der Waals surface area contributed by atoms with Crippen LogP contribution in [-0.4, -0.2) is 38.1 Å². The SMILES string of the molecule is CO[C@]1(c2cccc(Sc3ccc(C4(O)CCOCC4)cc3)c2)CCO[C@@H](C)C1. The van der Waals surface area contributed by atoms with Crippen molar-refractivity contribution in [1.82, 2.24) is 0 Å². The minimum absolute atomic E-state index is 0.198. The molecule has 2 heterocycles. The molecular weight excluding hydrogens is 384 g/mol. The minimum Gasteiger partial charge on any atom is -0.385 e. The first-order chi connectivity index (χ1) is 14.0. The van der Waals surface area contributed by atoms with Gasteiger partial charge in [-0.3, -0.25) is 0 Å². The van der Waals surface area contributed by atoms with Crippen LogP contribution < -0.4 is 0 Å². The van der Waals surface area contributed by atoms with Gasteiger partial charge in [0.05, 0.1) is 23.9 Å². The van der Waals surface area contributed by atoms with Crippen LogP contribution in [-0.2, 0) is 25.4 Å². The Morgan fingerprint density at radius 1 is 0.966 bits per heavy atom. The highest BCUT2D eigenvalue weighted by Gasteiger charge is 2.37. The lowest BCUT2D eigenvalue weighted by Crippen LogP contribution is -2.39. The maximum absolute atomic E-state index is 10.9. The molecule has 0 aromatic heterocycles. The van der Waals surface area contributed by atoms with Crippen molar-refractivity contribution in [3.63, 3.8) is 0 Å². The monoisotopic (exact) mass is 414 g/mol. The molecule has 0 amide bonds. The van der Waals surface area contributed by atoms with Crippen LogP contribution in [0.25, 0.3) is 0 Å². The first kappa shape index (κ1) is 20.9. The third-order valence-electron chi connectivity index (χ3n) is 6.22. The third-order valence-corrected chi connectivity index (χ3v) is 7.22. The second kappa shape index (κ2) is 8.78. The van der Waals surface area contributed by atoms with E-state index < -0.39 is 5.60 Å². The summed E-state index contributed by atoms with van der Waals surface area (Å²) in [6.45, 7) is 4.07. The molecule has 0 bridgehead atoms. The third kappa shape index (κ3) is 4.54. The Morgan fingerprint density at radius 2 is 1.72 bits per heavy atom. The van der Waals surface area contributed by atoms with E-state index in [2.05, 4.69) is 43.3 Å². The molecule has 2 aliphatic heterocycles. The molecule has 29 heavy (non-hydrogen) atoms. The maximum Gasteiger partial charge on any atom is 0.0974 e. The first-order valence-electron chi connectivity index (χ1n) is 10.4. The van der Waals surface area contributed by atoms with Gasteiger partial charge in [0.15, 0.2) is 0 Å². The van der Waals surface area contributed by atoms with Crippen molar-refractivity contribution in [3.8, 4) is 0 Å². The van der Waals surface area contributed by atoms with E-state index in [-0.39, 0.29) is 11.7 Å². The van der Waals surface area contributed by atoms with E-state index in [9.17, 15) is 5.11 Å². The van der Waals surface area contributed by atoms with Crippen molar-refractivity contribution < 1.29 is 19.3 Å². The Hall–Kier alpha value is -1.37. The summed E-state index contributed by atoms with van der Waals surface area (Å²) in [5, 5.41) is 10.9. The molecule has 4 nitrogen and oxygen atoms in total. The molecule has 2 aromatic carbocycles. The molecular formula is C24H30O4S. The molecule has 0 aliphatic carbocycles. The van der Waals surface area contributed by atoms with Gasteiger partial charge in [-0.2, -0.15) is 0 Å². The van der Waals surface area contributed by atoms with Crippen molar-refractivity contribution in [3.05, 3.63) is 59.7 Å². The normalized spacial score (nSPS) is 26.9. The lowest BCUT2D eigenvalue weighted by Gasteiger charge is -2.39. The second-order valence-corrected chi connectivity index (χ2v) is 9.28. The summed E-state index contributed by atoms with van der Waals surface area (Å²) in [7, 11) is 1.80. The molecule has 2 aromatic rings. The predicted molar refractivity (Wildman–Crippen MR) is 114 cm³/mol. The highest BCUT2D eigenvalue weighted by Crippen LogP contribution is 2.40. The molecule has 0 saturated carbocycles. The average molecular weight is 415 g/mol. The van der Waals surface area contributed by atoms with Gasteiger partial charge in [0.25, 0.3) is 0 Å². The highest BCUT2D eigenvalue weighted by atomic mass is 32.2. The number of rotatable bonds is 5. The van der Waals surface area contributed by atoms with Gasteiger partial charge in [-0.05, 0) is 42.3 Å². The van der Waals surface area contributed by atoms with Gasteiger partial charge < -0.3 is 19.3 Å². The lowest BCUT2D eigenvalue weighted by molar-refractivity contribution is -0.122. The number of ether oxygens (including phenoxy) is 3. The first-order valence-corrected chi connectivity index (χ1v) is 11.2. The number of hydrogen-bond acceptors (Lipinski definition) is 5. The van der Waals surface area contributed by atoms with Crippen molar-refractivity contribution in [2.75, 3.05) is 26.9 Å². The zero-order chi connectivity index (χ0) is 20.3. The summed E-state index contributed by atoms with van der Waals surface area (Å²) in [5.74, 6) is 0. The van der Waals surface area contributed by atoms with E-state index in [0.29, 0.717) is 26.1 Å². The number of methoxy groups -OCH3 is 1. The largest absolute Gasteiger partial charge is 0.385 e.